The van der Waals surface area contributed by atoms with Crippen molar-refractivity contribution in [3.05, 3.63) is 74.2 Å². The van der Waals surface area contributed by atoms with Gasteiger partial charge in [-0.3, -0.25) is 0 Å². The van der Waals surface area contributed by atoms with E-state index in [0.29, 0.717) is 5.56 Å². The van der Waals surface area contributed by atoms with Crippen LogP contribution in [0.25, 0.3) is 6.08 Å². The molecule has 0 aliphatic heterocycles. The molecule has 0 amide bonds. The average molecular weight is 410 g/mol. The maximum absolute atomic E-state index is 13.4. The number of carboxylic acids is 1. The first-order chi connectivity index (χ1) is 11.6. The van der Waals surface area contributed by atoms with Crippen LogP contribution in [0, 0.1) is 0 Å². The molecule has 8 heteroatoms. The second-order valence-electron chi connectivity index (χ2n) is 5.13. The van der Waals surface area contributed by atoms with Gasteiger partial charge in [-0.05, 0) is 41.5 Å². The van der Waals surface area contributed by atoms with Gasteiger partial charge in [-0.1, -0.05) is 53.0 Å². The van der Waals surface area contributed by atoms with Crippen molar-refractivity contribution >= 4 is 46.8 Å². The van der Waals surface area contributed by atoms with Crippen LogP contribution in [-0.2, 0) is 0 Å². The minimum Gasteiger partial charge on any atom is -0.478 e. The number of rotatable bonds is 4. The molecule has 2 aromatic rings. The zero-order valence-electron chi connectivity index (χ0n) is 12.3. The molecule has 0 saturated heterocycles. The largest absolute Gasteiger partial charge is 0.478 e. The maximum Gasteiger partial charge on any atom is 0.399 e. The molecule has 0 heterocycles. The van der Waals surface area contributed by atoms with Gasteiger partial charge in [0.1, 0.15) is 0 Å². The second-order valence-corrected chi connectivity index (χ2v) is 6.41. The number of hydrogen-bond donors (Lipinski definition) is 1. The topological polar surface area (TPSA) is 37.3 Å². The quantitative estimate of drug-likeness (QED) is 0.610. The van der Waals surface area contributed by atoms with Crippen molar-refractivity contribution in [2.45, 2.75) is 12.1 Å². The first kappa shape index (κ1) is 19.6. The average Bonchev–Trinajstić information content (AvgIpc) is 2.44. The Hall–Kier alpha value is -1.69. The predicted molar refractivity (Wildman–Crippen MR) is 92.7 cm³/mol. The van der Waals surface area contributed by atoms with E-state index in [0.717, 1.165) is 6.08 Å². The maximum atomic E-state index is 13.4. The Bertz CT molecular complexity index is 812. The van der Waals surface area contributed by atoms with E-state index in [2.05, 4.69) is 0 Å². The fourth-order valence-electron chi connectivity index (χ4n) is 2.18. The minimum absolute atomic E-state index is 0.0657. The number of alkyl halides is 3. The van der Waals surface area contributed by atoms with E-state index in [-0.39, 0.29) is 26.2 Å². The minimum atomic E-state index is -4.56. The molecule has 2 nitrogen and oxygen atoms in total. The number of carbonyl (C=O) groups is 1. The molecule has 0 bridgehead atoms. The van der Waals surface area contributed by atoms with E-state index < -0.39 is 18.1 Å². The Labute approximate surface area is 156 Å². The molecular formula is C17H10Cl3F3O2. The number of hydrogen-bond acceptors (Lipinski definition) is 1. The van der Waals surface area contributed by atoms with E-state index in [1.165, 1.54) is 42.5 Å². The van der Waals surface area contributed by atoms with E-state index >= 15 is 0 Å². The summed E-state index contributed by atoms with van der Waals surface area (Å²) in [5.41, 5.74) is 0.0969. The van der Waals surface area contributed by atoms with Gasteiger partial charge in [0.2, 0.25) is 0 Å². The molecule has 2 aromatic carbocycles. The Morgan fingerprint density at radius 1 is 1.04 bits per heavy atom. The van der Waals surface area contributed by atoms with Gasteiger partial charge in [0, 0.05) is 10.0 Å². The van der Waals surface area contributed by atoms with Crippen molar-refractivity contribution in [1.82, 2.24) is 0 Å². The summed E-state index contributed by atoms with van der Waals surface area (Å²) in [4.78, 5) is 10.9. The van der Waals surface area contributed by atoms with Gasteiger partial charge < -0.3 is 5.11 Å². The molecule has 132 valence electrons. The van der Waals surface area contributed by atoms with Crippen LogP contribution >= 0.6 is 34.8 Å². The van der Waals surface area contributed by atoms with Gasteiger partial charge >= 0.3 is 12.1 Å². The standard InChI is InChI=1S/C17H10Cl3F3O2/c18-11-6-10(7-12(19)8-11)14(17(21,22)23)4-2-9-1-3-13(16(24)25)15(20)5-9/h1-8,14H,(H,24,25). The van der Waals surface area contributed by atoms with Crippen LogP contribution in [0.2, 0.25) is 15.1 Å². The summed E-state index contributed by atoms with van der Waals surface area (Å²) in [7, 11) is 0. The smallest absolute Gasteiger partial charge is 0.399 e. The molecular weight excluding hydrogens is 400 g/mol. The highest BCUT2D eigenvalue weighted by Gasteiger charge is 2.39. The molecule has 0 fully saturated rings. The molecule has 0 aromatic heterocycles. The van der Waals surface area contributed by atoms with Crippen LogP contribution in [0.3, 0.4) is 0 Å². The van der Waals surface area contributed by atoms with E-state index in [4.69, 9.17) is 39.9 Å². The molecule has 0 aliphatic carbocycles. The zero-order valence-corrected chi connectivity index (χ0v) is 14.6. The summed E-state index contributed by atoms with van der Waals surface area (Å²) >= 11 is 17.4. The first-order valence-corrected chi connectivity index (χ1v) is 7.95. The van der Waals surface area contributed by atoms with Crippen molar-refractivity contribution in [3.8, 4) is 0 Å². The molecule has 0 spiro atoms. The van der Waals surface area contributed by atoms with Gasteiger partial charge in [-0.15, -0.1) is 0 Å². The third kappa shape index (κ3) is 5.14. The summed E-state index contributed by atoms with van der Waals surface area (Å²) in [5.74, 6) is -3.15. The van der Waals surface area contributed by atoms with Gasteiger partial charge in [-0.2, -0.15) is 13.2 Å². The Morgan fingerprint density at radius 3 is 2.12 bits per heavy atom. The Kier molecular flexibility index (Phi) is 6.03. The number of benzene rings is 2. The number of allylic oxidation sites excluding steroid dienone is 1. The normalized spacial score (nSPS) is 13.2. The van der Waals surface area contributed by atoms with Crippen molar-refractivity contribution in [1.29, 1.82) is 0 Å². The van der Waals surface area contributed by atoms with Crippen LogP contribution in [0.15, 0.2) is 42.5 Å². The van der Waals surface area contributed by atoms with Gasteiger partial charge in [0.05, 0.1) is 16.5 Å². The summed E-state index contributed by atoms with van der Waals surface area (Å²) in [6.45, 7) is 0. The fourth-order valence-corrected chi connectivity index (χ4v) is 2.99. The summed E-state index contributed by atoms with van der Waals surface area (Å²) in [5, 5.41) is 9.03. The van der Waals surface area contributed by atoms with Crippen LogP contribution < -0.4 is 0 Å². The van der Waals surface area contributed by atoms with Crippen LogP contribution in [0.4, 0.5) is 13.2 Å². The SMILES string of the molecule is O=C(O)c1ccc(C=CC(c2cc(Cl)cc(Cl)c2)C(F)(F)F)cc1Cl. The molecule has 25 heavy (non-hydrogen) atoms. The highest BCUT2D eigenvalue weighted by molar-refractivity contribution is 6.34. The number of aromatic carboxylic acids is 1. The Morgan fingerprint density at radius 2 is 1.64 bits per heavy atom. The summed E-state index contributed by atoms with van der Waals surface area (Å²) in [6, 6.07) is 7.59. The van der Waals surface area contributed by atoms with Crippen LogP contribution in [-0.4, -0.2) is 17.3 Å². The molecule has 1 N–H and O–H groups in total. The van der Waals surface area contributed by atoms with E-state index in [9.17, 15) is 18.0 Å². The van der Waals surface area contributed by atoms with Gasteiger partial charge in [0.25, 0.3) is 0 Å². The number of halogens is 6. The lowest BCUT2D eigenvalue weighted by Crippen LogP contribution is -2.18. The third-order valence-corrected chi connectivity index (χ3v) is 4.05. The van der Waals surface area contributed by atoms with E-state index in [1.54, 1.807) is 0 Å². The van der Waals surface area contributed by atoms with Crippen molar-refractivity contribution in [2.24, 2.45) is 0 Å². The van der Waals surface area contributed by atoms with Crippen molar-refractivity contribution in [2.75, 3.05) is 0 Å². The Balaban J connectivity index is 2.39. The fraction of sp³-hybridized carbons (Fsp3) is 0.118. The highest BCUT2D eigenvalue weighted by Crippen LogP contribution is 2.38. The molecule has 0 saturated carbocycles. The van der Waals surface area contributed by atoms with Gasteiger partial charge in [0.15, 0.2) is 0 Å². The lowest BCUT2D eigenvalue weighted by atomic mass is 9.97. The van der Waals surface area contributed by atoms with E-state index in [1.807, 2.05) is 0 Å². The second kappa shape index (κ2) is 7.68. The molecule has 0 aliphatic rings. The molecule has 1 atom stereocenters. The predicted octanol–water partition coefficient (Wildman–Crippen LogP) is 6.70. The van der Waals surface area contributed by atoms with Crippen molar-refractivity contribution < 1.29 is 23.1 Å². The lowest BCUT2D eigenvalue weighted by Gasteiger charge is -2.18. The van der Waals surface area contributed by atoms with Crippen molar-refractivity contribution in [3.63, 3.8) is 0 Å². The highest BCUT2D eigenvalue weighted by atomic mass is 35.5. The molecule has 0 radical (unpaired) electrons. The van der Waals surface area contributed by atoms with Crippen LogP contribution in [0.5, 0.6) is 0 Å². The monoisotopic (exact) mass is 408 g/mol. The van der Waals surface area contributed by atoms with Gasteiger partial charge in [-0.25, -0.2) is 4.79 Å². The third-order valence-electron chi connectivity index (χ3n) is 3.30. The summed E-state index contributed by atoms with van der Waals surface area (Å²) in [6.07, 6.45) is -2.41. The molecule has 2 rings (SSSR count). The number of carboxylic acid groups (broad SMARTS) is 1. The van der Waals surface area contributed by atoms with Crippen LogP contribution in [0.1, 0.15) is 27.4 Å². The summed E-state index contributed by atoms with van der Waals surface area (Å²) < 4.78 is 40.1. The zero-order chi connectivity index (χ0) is 18.8. The first-order valence-electron chi connectivity index (χ1n) is 6.81. The molecule has 1 unspecified atom stereocenters. The lowest BCUT2D eigenvalue weighted by molar-refractivity contribution is -0.139.